The van der Waals surface area contributed by atoms with Crippen molar-refractivity contribution in [3.05, 3.63) is 0 Å². The molecule has 1 aliphatic heterocycles. The Morgan fingerprint density at radius 1 is 1.75 bits per heavy atom. The van der Waals surface area contributed by atoms with Gasteiger partial charge >= 0.3 is 0 Å². The van der Waals surface area contributed by atoms with Crippen molar-refractivity contribution in [2.75, 3.05) is 19.6 Å². The molecule has 3 heteroatoms. The summed E-state index contributed by atoms with van der Waals surface area (Å²) in [6, 6.07) is 3.20. The highest BCUT2D eigenvalue weighted by atomic mass is 15.2. The molecule has 1 heterocycles. The molecule has 3 nitrogen and oxygen atoms in total. The van der Waals surface area contributed by atoms with Crippen molar-refractivity contribution in [3.63, 3.8) is 0 Å². The number of hydrogen-bond donors (Lipinski definition) is 1. The van der Waals surface area contributed by atoms with E-state index in [-0.39, 0.29) is 0 Å². The van der Waals surface area contributed by atoms with Crippen molar-refractivity contribution >= 4 is 0 Å². The number of nitrogens with one attached hydrogen (secondary N) is 1. The zero-order chi connectivity index (χ0) is 8.97. The molecule has 0 spiro atoms. The molecule has 1 saturated heterocycles. The topological polar surface area (TPSA) is 39.1 Å². The van der Waals surface area contributed by atoms with Gasteiger partial charge in [0.05, 0.1) is 12.5 Å². The van der Waals surface area contributed by atoms with Crippen molar-refractivity contribution in [2.45, 2.75) is 32.4 Å². The van der Waals surface area contributed by atoms with Gasteiger partial charge in [-0.05, 0) is 13.8 Å². The molecule has 1 N–H and O–H groups in total. The van der Waals surface area contributed by atoms with Crippen molar-refractivity contribution in [3.8, 4) is 6.07 Å². The second-order valence-electron chi connectivity index (χ2n) is 3.56. The zero-order valence-corrected chi connectivity index (χ0v) is 7.88. The lowest BCUT2D eigenvalue weighted by molar-refractivity contribution is 0.160. The zero-order valence-electron chi connectivity index (χ0n) is 7.88. The predicted octanol–water partition coefficient (Wildman–Crippen LogP) is 0.582. The monoisotopic (exact) mass is 167 g/mol. The molecule has 0 saturated carbocycles. The van der Waals surface area contributed by atoms with E-state index in [1.54, 1.807) is 0 Å². The van der Waals surface area contributed by atoms with Crippen molar-refractivity contribution in [2.24, 2.45) is 0 Å². The Bertz CT molecular complexity index is 173. The molecule has 68 valence electrons. The van der Waals surface area contributed by atoms with Gasteiger partial charge in [0.1, 0.15) is 0 Å². The Labute approximate surface area is 74.4 Å². The fraction of sp³-hybridized carbons (Fsp3) is 0.889. The summed E-state index contributed by atoms with van der Waals surface area (Å²) < 4.78 is 0. The summed E-state index contributed by atoms with van der Waals surface area (Å²) in [6.07, 6.45) is 0.646. The first-order valence-corrected chi connectivity index (χ1v) is 4.58. The van der Waals surface area contributed by atoms with Crippen molar-refractivity contribution < 1.29 is 0 Å². The number of rotatable bonds is 2. The fourth-order valence-corrected chi connectivity index (χ4v) is 1.62. The first kappa shape index (κ1) is 9.50. The van der Waals surface area contributed by atoms with E-state index in [1.807, 2.05) is 0 Å². The molecule has 0 aromatic carbocycles. The molecule has 0 aliphatic carbocycles. The Balaban J connectivity index is 2.35. The molecule has 2 unspecified atom stereocenters. The van der Waals surface area contributed by atoms with Crippen LogP contribution in [0.1, 0.15) is 20.3 Å². The van der Waals surface area contributed by atoms with Crippen LogP contribution in [0.5, 0.6) is 0 Å². The molecule has 1 aliphatic rings. The second-order valence-corrected chi connectivity index (χ2v) is 3.56. The van der Waals surface area contributed by atoms with E-state index in [0.717, 1.165) is 19.6 Å². The van der Waals surface area contributed by atoms with Crippen molar-refractivity contribution in [1.82, 2.24) is 10.2 Å². The maximum Gasteiger partial charge on any atom is 0.0638 e. The lowest BCUT2D eigenvalue weighted by Gasteiger charge is -2.35. The Hall–Kier alpha value is -0.590. The summed E-state index contributed by atoms with van der Waals surface area (Å²) in [5.74, 6) is 0. The molecule has 0 aromatic heterocycles. The number of nitriles is 1. The van der Waals surface area contributed by atoms with E-state index in [4.69, 9.17) is 5.26 Å². The summed E-state index contributed by atoms with van der Waals surface area (Å²) >= 11 is 0. The minimum absolute atomic E-state index is 0.416. The lowest BCUT2D eigenvalue weighted by Crippen LogP contribution is -2.52. The largest absolute Gasteiger partial charge is 0.312 e. The molecular weight excluding hydrogens is 150 g/mol. The summed E-state index contributed by atoms with van der Waals surface area (Å²) in [6.45, 7) is 7.51. The smallest absolute Gasteiger partial charge is 0.0638 e. The van der Waals surface area contributed by atoms with Gasteiger partial charge in [-0.25, -0.2) is 0 Å². The normalized spacial score (nSPS) is 27.9. The van der Waals surface area contributed by atoms with Gasteiger partial charge in [0, 0.05) is 31.7 Å². The van der Waals surface area contributed by atoms with E-state index >= 15 is 0 Å². The molecule has 0 radical (unpaired) electrons. The Morgan fingerprint density at radius 2 is 2.50 bits per heavy atom. The van der Waals surface area contributed by atoms with Crippen LogP contribution in [-0.2, 0) is 0 Å². The van der Waals surface area contributed by atoms with Crippen LogP contribution in [0.25, 0.3) is 0 Å². The van der Waals surface area contributed by atoms with Crippen LogP contribution in [0.4, 0.5) is 0 Å². The summed E-state index contributed by atoms with van der Waals surface area (Å²) in [5, 5.41) is 11.9. The Morgan fingerprint density at radius 3 is 3.08 bits per heavy atom. The van der Waals surface area contributed by atoms with Gasteiger partial charge in [-0.15, -0.1) is 0 Å². The maximum absolute atomic E-state index is 8.54. The van der Waals surface area contributed by atoms with Gasteiger partial charge in [-0.2, -0.15) is 5.26 Å². The third-order valence-electron chi connectivity index (χ3n) is 2.41. The highest BCUT2D eigenvalue weighted by Crippen LogP contribution is 2.06. The second kappa shape index (κ2) is 4.44. The van der Waals surface area contributed by atoms with E-state index in [0.29, 0.717) is 18.5 Å². The average Bonchev–Trinajstić information content (AvgIpc) is 2.05. The summed E-state index contributed by atoms with van der Waals surface area (Å²) in [5.41, 5.74) is 0. The molecule has 0 bridgehead atoms. The minimum atomic E-state index is 0.416. The SMILES string of the molecule is CC1CN(C(C)CC#N)CCN1. The van der Waals surface area contributed by atoms with E-state index in [9.17, 15) is 0 Å². The van der Waals surface area contributed by atoms with Crippen LogP contribution >= 0.6 is 0 Å². The quantitative estimate of drug-likeness (QED) is 0.654. The summed E-state index contributed by atoms with van der Waals surface area (Å²) in [4.78, 5) is 2.38. The van der Waals surface area contributed by atoms with Gasteiger partial charge in [0.15, 0.2) is 0 Å². The van der Waals surface area contributed by atoms with Crippen LogP contribution in [0.3, 0.4) is 0 Å². The molecule has 0 aromatic rings. The minimum Gasteiger partial charge on any atom is -0.312 e. The average molecular weight is 167 g/mol. The first-order chi connectivity index (χ1) is 5.74. The van der Waals surface area contributed by atoms with Gasteiger partial charge in [-0.1, -0.05) is 0 Å². The van der Waals surface area contributed by atoms with Crippen LogP contribution in [0, 0.1) is 11.3 Å². The maximum atomic E-state index is 8.54. The first-order valence-electron chi connectivity index (χ1n) is 4.58. The Kier molecular flexibility index (Phi) is 3.51. The molecule has 2 atom stereocenters. The van der Waals surface area contributed by atoms with Crippen LogP contribution in [0.15, 0.2) is 0 Å². The van der Waals surface area contributed by atoms with Gasteiger partial charge < -0.3 is 5.32 Å². The standard InChI is InChI=1S/C9H17N3/c1-8-7-12(6-5-11-8)9(2)3-4-10/h8-9,11H,3,5-7H2,1-2H3. The van der Waals surface area contributed by atoms with Crippen LogP contribution < -0.4 is 5.32 Å². The van der Waals surface area contributed by atoms with E-state index in [2.05, 4.69) is 30.1 Å². The number of hydrogen-bond acceptors (Lipinski definition) is 3. The van der Waals surface area contributed by atoms with Crippen LogP contribution in [0.2, 0.25) is 0 Å². The van der Waals surface area contributed by atoms with Gasteiger partial charge in [0.25, 0.3) is 0 Å². The third-order valence-corrected chi connectivity index (χ3v) is 2.41. The van der Waals surface area contributed by atoms with Gasteiger partial charge in [-0.3, -0.25) is 4.90 Å². The van der Waals surface area contributed by atoms with E-state index < -0.39 is 0 Å². The molecule has 1 rings (SSSR count). The van der Waals surface area contributed by atoms with Crippen LogP contribution in [-0.4, -0.2) is 36.6 Å². The highest BCUT2D eigenvalue weighted by molar-refractivity contribution is 4.84. The van der Waals surface area contributed by atoms with Crippen molar-refractivity contribution in [1.29, 1.82) is 5.26 Å². The molecule has 1 fully saturated rings. The highest BCUT2D eigenvalue weighted by Gasteiger charge is 2.19. The van der Waals surface area contributed by atoms with E-state index in [1.165, 1.54) is 0 Å². The predicted molar refractivity (Wildman–Crippen MR) is 48.7 cm³/mol. The number of nitrogens with zero attached hydrogens (tertiary/aromatic N) is 2. The number of piperazine rings is 1. The molecular formula is C9H17N3. The lowest BCUT2D eigenvalue weighted by atomic mass is 10.1. The molecule has 12 heavy (non-hydrogen) atoms. The van der Waals surface area contributed by atoms with Gasteiger partial charge in [0.2, 0.25) is 0 Å². The fourth-order valence-electron chi connectivity index (χ4n) is 1.62. The summed E-state index contributed by atoms with van der Waals surface area (Å²) in [7, 11) is 0. The molecule has 0 amide bonds. The third kappa shape index (κ3) is 2.47.